The van der Waals surface area contributed by atoms with Gasteiger partial charge in [0.15, 0.2) is 0 Å². The highest BCUT2D eigenvalue weighted by molar-refractivity contribution is 6.11. The lowest BCUT2D eigenvalue weighted by Crippen LogP contribution is -2.33. The van der Waals surface area contributed by atoms with Crippen molar-refractivity contribution in [2.75, 3.05) is 31.1 Å². The Hall–Kier alpha value is -3.91. The van der Waals surface area contributed by atoms with Crippen LogP contribution in [0.3, 0.4) is 0 Å². The van der Waals surface area contributed by atoms with E-state index in [1.807, 2.05) is 12.1 Å². The van der Waals surface area contributed by atoms with Crippen LogP contribution in [0, 0.1) is 10.1 Å². The van der Waals surface area contributed by atoms with Crippen molar-refractivity contribution >= 4 is 23.0 Å². The van der Waals surface area contributed by atoms with Gasteiger partial charge in [-0.1, -0.05) is 6.42 Å². The lowest BCUT2D eigenvalue weighted by Gasteiger charge is -2.26. The van der Waals surface area contributed by atoms with Gasteiger partial charge in [0.25, 0.3) is 11.6 Å². The second-order valence-electron chi connectivity index (χ2n) is 8.21. The van der Waals surface area contributed by atoms with Crippen molar-refractivity contribution in [1.29, 1.82) is 0 Å². The van der Waals surface area contributed by atoms with Crippen LogP contribution in [0.5, 0.6) is 11.5 Å². The van der Waals surface area contributed by atoms with E-state index in [1.54, 1.807) is 24.3 Å². The molecule has 1 aliphatic rings. The van der Waals surface area contributed by atoms with Crippen LogP contribution in [-0.4, -0.2) is 47.1 Å². The Kier molecular flexibility index (Phi) is 7.39. The van der Waals surface area contributed by atoms with Gasteiger partial charge in [-0.15, -0.1) is 0 Å². The summed E-state index contributed by atoms with van der Waals surface area (Å²) in [5.41, 5.74) is 1.39. The van der Waals surface area contributed by atoms with Gasteiger partial charge < -0.3 is 9.84 Å². The van der Waals surface area contributed by atoms with E-state index < -0.39 is 4.92 Å². The Morgan fingerprint density at radius 3 is 2.09 bits per heavy atom. The molecule has 0 radical (unpaired) electrons. The first-order chi connectivity index (χ1) is 16.5. The summed E-state index contributed by atoms with van der Waals surface area (Å²) in [6.45, 7) is 3.73. The molecule has 0 unspecified atom stereocenters. The highest BCUT2D eigenvalue weighted by Gasteiger charge is 2.21. The number of anilines is 2. The first-order valence-electron chi connectivity index (χ1n) is 11.3. The van der Waals surface area contributed by atoms with Gasteiger partial charge in [-0.3, -0.25) is 24.7 Å². The molecule has 1 heterocycles. The standard InChI is InChI=1S/C26H27N3O5/c30-24-12-8-21(9-13-24)28(26(31)20-4-6-23(7-5-20)29(32)33)22-10-14-25(15-11-22)34-19-18-27-16-2-1-3-17-27/h4-15,30H,1-3,16-19H2. The first-order valence-corrected chi connectivity index (χ1v) is 11.3. The fourth-order valence-corrected chi connectivity index (χ4v) is 4.01. The zero-order valence-corrected chi connectivity index (χ0v) is 18.8. The zero-order valence-electron chi connectivity index (χ0n) is 18.8. The number of hydrogen-bond acceptors (Lipinski definition) is 6. The van der Waals surface area contributed by atoms with Gasteiger partial charge in [0.2, 0.25) is 0 Å². The second-order valence-corrected chi connectivity index (χ2v) is 8.21. The maximum absolute atomic E-state index is 13.4. The number of benzene rings is 3. The second kappa shape index (κ2) is 10.8. The van der Waals surface area contributed by atoms with Crippen LogP contribution in [0.25, 0.3) is 0 Å². The largest absolute Gasteiger partial charge is 0.508 e. The predicted octanol–water partition coefficient (Wildman–Crippen LogP) is 5.14. The third-order valence-corrected chi connectivity index (χ3v) is 5.86. The molecule has 0 aliphatic carbocycles. The molecule has 8 nitrogen and oxygen atoms in total. The third kappa shape index (κ3) is 5.71. The number of nitrogens with zero attached hydrogens (tertiary/aromatic N) is 3. The molecule has 1 N–H and O–H groups in total. The van der Waals surface area contributed by atoms with Gasteiger partial charge in [-0.05, 0) is 86.6 Å². The van der Waals surface area contributed by atoms with E-state index in [0.717, 1.165) is 19.6 Å². The molecule has 3 aromatic carbocycles. The van der Waals surface area contributed by atoms with Gasteiger partial charge in [0.05, 0.1) is 4.92 Å². The van der Waals surface area contributed by atoms with Gasteiger partial charge in [-0.25, -0.2) is 0 Å². The van der Waals surface area contributed by atoms with E-state index in [4.69, 9.17) is 4.74 Å². The number of phenols is 1. The molecule has 176 valence electrons. The zero-order chi connectivity index (χ0) is 23.9. The minimum absolute atomic E-state index is 0.0845. The van der Waals surface area contributed by atoms with Crippen molar-refractivity contribution in [2.45, 2.75) is 19.3 Å². The Morgan fingerprint density at radius 1 is 0.912 bits per heavy atom. The normalized spacial score (nSPS) is 13.9. The van der Waals surface area contributed by atoms with E-state index in [0.29, 0.717) is 29.3 Å². The van der Waals surface area contributed by atoms with E-state index >= 15 is 0 Å². The SMILES string of the molecule is O=C(c1ccc([N+](=O)[O-])cc1)N(c1ccc(O)cc1)c1ccc(OCCN2CCCCC2)cc1. The molecule has 0 atom stereocenters. The number of carbonyl (C=O) groups is 1. The molecular formula is C26H27N3O5. The maximum atomic E-state index is 13.4. The van der Waals surface area contributed by atoms with Crippen molar-refractivity contribution < 1.29 is 19.6 Å². The van der Waals surface area contributed by atoms with Crippen LogP contribution in [-0.2, 0) is 0 Å². The van der Waals surface area contributed by atoms with Crippen LogP contribution >= 0.6 is 0 Å². The fraction of sp³-hybridized carbons (Fsp3) is 0.269. The number of nitro groups is 1. The topological polar surface area (TPSA) is 96.1 Å². The van der Waals surface area contributed by atoms with Crippen LogP contribution in [0.15, 0.2) is 72.8 Å². The molecule has 1 aliphatic heterocycles. The number of amides is 1. The van der Waals surface area contributed by atoms with E-state index in [1.165, 1.54) is 60.6 Å². The average Bonchev–Trinajstić information content (AvgIpc) is 2.87. The van der Waals surface area contributed by atoms with Crippen LogP contribution in [0.4, 0.5) is 17.1 Å². The lowest BCUT2D eigenvalue weighted by atomic mass is 10.1. The maximum Gasteiger partial charge on any atom is 0.269 e. The Labute approximate surface area is 198 Å². The number of rotatable bonds is 8. The quantitative estimate of drug-likeness (QED) is 0.368. The number of carbonyl (C=O) groups excluding carboxylic acids is 1. The highest BCUT2D eigenvalue weighted by Crippen LogP contribution is 2.30. The number of non-ortho nitro benzene ring substituents is 1. The molecule has 0 aromatic heterocycles. The number of piperidine rings is 1. The number of nitro benzene ring substituents is 1. The van der Waals surface area contributed by atoms with E-state index in [-0.39, 0.29) is 17.3 Å². The molecule has 4 rings (SSSR count). The fourth-order valence-electron chi connectivity index (χ4n) is 4.01. The summed E-state index contributed by atoms with van der Waals surface area (Å²) in [5.74, 6) is 0.456. The Morgan fingerprint density at radius 2 is 1.50 bits per heavy atom. The molecule has 0 spiro atoms. The summed E-state index contributed by atoms with van der Waals surface area (Å²) >= 11 is 0. The smallest absolute Gasteiger partial charge is 0.269 e. The van der Waals surface area contributed by atoms with Crippen molar-refractivity contribution in [3.8, 4) is 11.5 Å². The van der Waals surface area contributed by atoms with Crippen LogP contribution < -0.4 is 9.64 Å². The summed E-state index contributed by atoms with van der Waals surface area (Å²) in [7, 11) is 0. The van der Waals surface area contributed by atoms with Crippen molar-refractivity contribution in [1.82, 2.24) is 4.90 Å². The lowest BCUT2D eigenvalue weighted by molar-refractivity contribution is -0.384. The molecule has 1 saturated heterocycles. The molecule has 0 saturated carbocycles. The summed E-state index contributed by atoms with van der Waals surface area (Å²) < 4.78 is 5.90. The summed E-state index contributed by atoms with van der Waals surface area (Å²) in [4.78, 5) is 27.8. The van der Waals surface area contributed by atoms with Crippen LogP contribution in [0.1, 0.15) is 29.6 Å². The monoisotopic (exact) mass is 461 g/mol. The highest BCUT2D eigenvalue weighted by atomic mass is 16.6. The first kappa shape index (κ1) is 23.3. The van der Waals surface area contributed by atoms with Gasteiger partial charge in [-0.2, -0.15) is 0 Å². The molecule has 0 bridgehead atoms. The van der Waals surface area contributed by atoms with Crippen molar-refractivity contribution in [3.63, 3.8) is 0 Å². The number of ether oxygens (including phenoxy) is 1. The summed E-state index contributed by atoms with van der Waals surface area (Å²) in [6.07, 6.45) is 3.78. The Bertz CT molecular complexity index is 1110. The molecule has 1 fully saturated rings. The summed E-state index contributed by atoms with van der Waals surface area (Å²) in [5, 5.41) is 20.6. The van der Waals surface area contributed by atoms with E-state index in [2.05, 4.69) is 4.90 Å². The van der Waals surface area contributed by atoms with E-state index in [9.17, 15) is 20.0 Å². The molecule has 34 heavy (non-hydrogen) atoms. The molecule has 3 aromatic rings. The average molecular weight is 462 g/mol. The number of likely N-dealkylation sites (tertiary alicyclic amines) is 1. The number of aromatic hydroxyl groups is 1. The minimum atomic E-state index is -0.504. The third-order valence-electron chi connectivity index (χ3n) is 5.86. The number of phenolic OH excluding ortho intramolecular Hbond substituents is 1. The van der Waals surface area contributed by atoms with Gasteiger partial charge in [0, 0.05) is 35.6 Å². The Balaban J connectivity index is 1.52. The molecule has 8 heteroatoms. The van der Waals surface area contributed by atoms with Crippen molar-refractivity contribution in [2.24, 2.45) is 0 Å². The minimum Gasteiger partial charge on any atom is -0.508 e. The van der Waals surface area contributed by atoms with Crippen molar-refractivity contribution in [3.05, 3.63) is 88.5 Å². The predicted molar refractivity (Wildman–Crippen MR) is 130 cm³/mol. The summed E-state index contributed by atoms with van der Waals surface area (Å²) in [6, 6.07) is 19.0. The molecular weight excluding hydrogens is 434 g/mol. The van der Waals surface area contributed by atoms with Crippen LogP contribution in [0.2, 0.25) is 0 Å². The van der Waals surface area contributed by atoms with Gasteiger partial charge in [0.1, 0.15) is 18.1 Å². The molecule has 1 amide bonds. The van der Waals surface area contributed by atoms with Gasteiger partial charge >= 0.3 is 0 Å². The number of hydrogen-bond donors (Lipinski definition) is 1.